The Labute approximate surface area is 77.1 Å². The molecule has 0 heterocycles. The van der Waals surface area contributed by atoms with Crippen LogP contribution in [0.3, 0.4) is 0 Å². The van der Waals surface area contributed by atoms with Crippen LogP contribution in [0.4, 0.5) is 0 Å². The van der Waals surface area contributed by atoms with Gasteiger partial charge in [-0.15, -0.1) is 10.1 Å². The van der Waals surface area contributed by atoms with Crippen molar-refractivity contribution in [2.24, 2.45) is 0 Å². The Balaban J connectivity index is -0.000000131. The van der Waals surface area contributed by atoms with E-state index in [9.17, 15) is 0 Å². The zero-order valence-electron chi connectivity index (χ0n) is 5.95. The molecule has 0 bridgehead atoms. The molecule has 88 valence electrons. The molecule has 0 unspecified atom stereocenters. The maximum atomic E-state index is 8.74. The summed E-state index contributed by atoms with van der Waals surface area (Å²) >= 11 is 0. The molecule has 0 rings (SSSR count). The minimum atomic E-state index is -4.67. The predicted molar refractivity (Wildman–Crippen MR) is 37.1 cm³/mol. The van der Waals surface area contributed by atoms with E-state index in [1.165, 1.54) is 0 Å². The molecule has 0 saturated carbocycles. The average molecular weight is 259 g/mol. The van der Waals surface area contributed by atoms with E-state index in [1.54, 1.807) is 0 Å². The Bertz CT molecular complexity index is 279. The van der Waals surface area contributed by atoms with Crippen molar-refractivity contribution >= 4 is 20.8 Å². The highest BCUT2D eigenvalue weighted by Gasteiger charge is 1.85. The van der Waals surface area contributed by atoms with Crippen LogP contribution in [0.15, 0.2) is 0 Å². The van der Waals surface area contributed by atoms with Crippen molar-refractivity contribution in [3.05, 3.63) is 10.1 Å². The van der Waals surface area contributed by atoms with Gasteiger partial charge in [-0.05, 0) is 0 Å². The van der Waals surface area contributed by atoms with Gasteiger partial charge in [0.2, 0.25) is 0 Å². The second-order valence-electron chi connectivity index (χ2n) is 1.13. The molecule has 14 heavy (non-hydrogen) atoms. The molecule has 0 fully saturated rings. The zero-order valence-corrected chi connectivity index (χ0v) is 7.58. The van der Waals surface area contributed by atoms with Gasteiger partial charge in [0.25, 0.3) is 5.09 Å². The van der Waals surface area contributed by atoms with Crippen LogP contribution in [0.5, 0.6) is 0 Å². The van der Waals surface area contributed by atoms with E-state index in [-0.39, 0.29) is 0 Å². The van der Waals surface area contributed by atoms with E-state index in [2.05, 4.69) is 0 Å². The van der Waals surface area contributed by atoms with E-state index in [1.807, 2.05) is 0 Å². The van der Waals surface area contributed by atoms with Crippen molar-refractivity contribution in [2.75, 3.05) is 0 Å². The maximum Gasteiger partial charge on any atom is 0.394 e. The van der Waals surface area contributed by atoms with Gasteiger partial charge in [-0.3, -0.25) is 18.2 Å². The van der Waals surface area contributed by atoms with Gasteiger partial charge in [0, 0.05) is 0 Å². The molecule has 5 N–H and O–H groups in total. The maximum absolute atomic E-state index is 8.74. The van der Waals surface area contributed by atoms with E-state index in [4.69, 9.17) is 50.4 Å². The molecule has 0 atom stereocenters. The van der Waals surface area contributed by atoms with Gasteiger partial charge in [0.05, 0.1) is 0 Å². The molecule has 0 spiro atoms. The highest BCUT2D eigenvalue weighted by Crippen LogP contribution is 1.59. The second kappa shape index (κ2) is 7.35. The fraction of sp³-hybridized carbons (Fsp3) is 0. The zero-order chi connectivity index (χ0) is 12.6. The third kappa shape index (κ3) is 962. The van der Waals surface area contributed by atoms with Crippen molar-refractivity contribution in [3.8, 4) is 0 Å². The summed E-state index contributed by atoms with van der Waals surface area (Å²) in [7, 11) is -9.33. The van der Waals surface area contributed by atoms with Crippen LogP contribution in [0.1, 0.15) is 0 Å². The lowest BCUT2D eigenvalue weighted by molar-refractivity contribution is -0.742. The largest absolute Gasteiger partial charge is 0.394 e. The van der Waals surface area contributed by atoms with E-state index in [0.717, 1.165) is 0 Å². The molecular formula is H5NO11S2. The molecule has 0 aliphatic heterocycles. The molecule has 0 amide bonds. The summed E-state index contributed by atoms with van der Waals surface area (Å²) in [6.07, 6.45) is 0. The van der Waals surface area contributed by atoms with Crippen molar-refractivity contribution in [1.29, 1.82) is 0 Å². The van der Waals surface area contributed by atoms with Gasteiger partial charge in [-0.25, -0.2) is 0 Å². The van der Waals surface area contributed by atoms with Gasteiger partial charge in [-0.1, -0.05) is 0 Å². The standard InChI is InChI=1S/HNO3.2H2O4S/c2-1(3)4;2*1-5(2,3)4/h(H,2,3,4);2*(H2,1,2,3,4). The smallest absolute Gasteiger partial charge is 0.328 e. The summed E-state index contributed by atoms with van der Waals surface area (Å²) in [5.74, 6) is 0. The molecule has 14 heteroatoms. The number of rotatable bonds is 0. The van der Waals surface area contributed by atoms with Crippen molar-refractivity contribution in [1.82, 2.24) is 0 Å². The van der Waals surface area contributed by atoms with Crippen LogP contribution in [0, 0.1) is 10.1 Å². The highest BCUT2D eigenvalue weighted by atomic mass is 32.3. The minimum Gasteiger partial charge on any atom is -0.328 e. The topological polar surface area (TPSA) is 213 Å². The number of hydrogen-bond acceptors (Lipinski definition) is 6. The number of nitrogens with zero attached hydrogens (tertiary/aromatic N) is 1. The van der Waals surface area contributed by atoms with Crippen molar-refractivity contribution in [3.63, 3.8) is 0 Å². The molecule has 0 aliphatic carbocycles. The predicted octanol–water partition coefficient (Wildman–Crippen LogP) is -1.65. The molecule has 0 aromatic rings. The van der Waals surface area contributed by atoms with Gasteiger partial charge >= 0.3 is 20.8 Å². The van der Waals surface area contributed by atoms with Crippen LogP contribution in [-0.2, 0) is 20.8 Å². The Morgan fingerprint density at radius 2 is 0.857 bits per heavy atom. The first-order valence-electron chi connectivity index (χ1n) is 1.96. The lowest BCUT2D eigenvalue weighted by Crippen LogP contribution is -1.89. The Morgan fingerprint density at radius 1 is 0.857 bits per heavy atom. The third-order valence-electron chi connectivity index (χ3n) is 0. The van der Waals surface area contributed by atoms with E-state index >= 15 is 0 Å². The first-order valence-corrected chi connectivity index (χ1v) is 4.76. The van der Waals surface area contributed by atoms with E-state index in [0.29, 0.717) is 0 Å². The lowest BCUT2D eigenvalue weighted by Gasteiger charge is -1.68. The monoisotopic (exact) mass is 259 g/mol. The average Bonchev–Trinajstić information content (AvgIpc) is 1.45. The fourth-order valence-corrected chi connectivity index (χ4v) is 0. The number of hydrogen-bond donors (Lipinski definition) is 5. The summed E-state index contributed by atoms with van der Waals surface area (Å²) in [4.78, 5) is 8.36. The molecule has 0 aromatic heterocycles. The molecule has 0 aliphatic rings. The Hall–Kier alpha value is -1.06. The summed E-state index contributed by atoms with van der Waals surface area (Å²) in [5.41, 5.74) is 0. The fourth-order valence-electron chi connectivity index (χ4n) is 0. The normalized spacial score (nSPS) is 10.0. The van der Waals surface area contributed by atoms with Crippen LogP contribution < -0.4 is 0 Å². The van der Waals surface area contributed by atoms with Crippen molar-refractivity contribution < 1.29 is 45.3 Å². The van der Waals surface area contributed by atoms with Crippen LogP contribution in [0.25, 0.3) is 0 Å². The van der Waals surface area contributed by atoms with Gasteiger partial charge in [-0.2, -0.15) is 16.8 Å². The first kappa shape index (κ1) is 18.7. The summed E-state index contributed by atoms with van der Waals surface area (Å²) in [6, 6.07) is 0. The molecule has 0 aromatic carbocycles. The van der Waals surface area contributed by atoms with Crippen molar-refractivity contribution in [2.45, 2.75) is 0 Å². The highest BCUT2D eigenvalue weighted by molar-refractivity contribution is 7.80. The third-order valence-corrected chi connectivity index (χ3v) is 0. The van der Waals surface area contributed by atoms with Crippen LogP contribution in [-0.4, -0.2) is 45.3 Å². The lowest BCUT2D eigenvalue weighted by atomic mass is 13.1. The molecular weight excluding hydrogens is 254 g/mol. The van der Waals surface area contributed by atoms with Crippen LogP contribution >= 0.6 is 0 Å². The van der Waals surface area contributed by atoms with Gasteiger partial charge in [0.15, 0.2) is 0 Å². The molecule has 0 saturated heterocycles. The van der Waals surface area contributed by atoms with Gasteiger partial charge < -0.3 is 5.21 Å². The molecule has 12 nitrogen and oxygen atoms in total. The molecule has 0 radical (unpaired) electrons. The Kier molecular flexibility index (Phi) is 9.81. The summed E-state index contributed by atoms with van der Waals surface area (Å²) in [6.45, 7) is 0. The minimum absolute atomic E-state index is 1.50. The Morgan fingerprint density at radius 3 is 0.857 bits per heavy atom. The summed E-state index contributed by atoms with van der Waals surface area (Å²) < 4.78 is 63.2. The SMILES string of the molecule is O=S(=O)(O)O.O=S(=O)(O)O.O=[N+]([O-])O. The first-order chi connectivity index (χ1) is 5.73. The second-order valence-corrected chi connectivity index (χ2v) is 2.92. The quantitative estimate of drug-likeness (QED) is 0.188. The van der Waals surface area contributed by atoms with Gasteiger partial charge in [0.1, 0.15) is 0 Å². The summed E-state index contributed by atoms with van der Waals surface area (Å²) in [5, 5.41) is 13.6. The van der Waals surface area contributed by atoms with E-state index < -0.39 is 25.9 Å². The van der Waals surface area contributed by atoms with Crippen LogP contribution in [0.2, 0.25) is 0 Å².